The van der Waals surface area contributed by atoms with Crippen molar-refractivity contribution in [1.29, 1.82) is 0 Å². The summed E-state index contributed by atoms with van der Waals surface area (Å²) in [6.45, 7) is 0.549. The molecule has 1 aromatic rings. The average molecular weight is 373 g/mol. The van der Waals surface area contributed by atoms with Crippen LogP contribution in [0.1, 0.15) is 12.8 Å². The second kappa shape index (κ2) is 5.06. The van der Waals surface area contributed by atoms with Crippen LogP contribution in [0.25, 0.3) is 0 Å². The van der Waals surface area contributed by atoms with Crippen molar-refractivity contribution in [2.24, 2.45) is 5.92 Å². The number of hydrogen-bond acceptors (Lipinski definition) is 3. The molecule has 0 radical (unpaired) electrons. The number of nitrogens with zero attached hydrogens (tertiary/aromatic N) is 2. The van der Waals surface area contributed by atoms with Crippen LogP contribution in [0.5, 0.6) is 0 Å². The maximum Gasteiger partial charge on any atom is 0.391 e. The van der Waals surface area contributed by atoms with Crippen LogP contribution in [0.2, 0.25) is 0 Å². The molecule has 1 N–H and O–H groups in total. The van der Waals surface area contributed by atoms with Crippen LogP contribution in [-0.2, 0) is 0 Å². The molecule has 0 spiro atoms. The molecule has 0 amide bonds. The molecular formula is C10H11F3IN3O. The SMILES string of the molecule is O=c1[nH]cnc(N2CCC(C(F)(F)F)CC2)c1I. The molecule has 1 aliphatic rings. The molecule has 1 saturated heterocycles. The van der Waals surface area contributed by atoms with Crippen molar-refractivity contribution in [2.45, 2.75) is 19.0 Å². The number of hydrogen-bond donors (Lipinski definition) is 1. The molecule has 1 fully saturated rings. The number of anilines is 1. The highest BCUT2D eigenvalue weighted by Crippen LogP contribution is 2.35. The summed E-state index contributed by atoms with van der Waals surface area (Å²) in [6.07, 6.45) is -2.75. The fraction of sp³-hybridized carbons (Fsp3) is 0.600. The van der Waals surface area contributed by atoms with Crippen molar-refractivity contribution < 1.29 is 13.2 Å². The van der Waals surface area contributed by atoms with Crippen molar-refractivity contribution in [3.05, 3.63) is 20.3 Å². The Morgan fingerprint density at radius 3 is 2.56 bits per heavy atom. The van der Waals surface area contributed by atoms with E-state index >= 15 is 0 Å². The zero-order valence-electron chi connectivity index (χ0n) is 9.30. The fourth-order valence-corrected chi connectivity index (χ4v) is 2.65. The predicted octanol–water partition coefficient (Wildman–Crippen LogP) is 2.15. The predicted molar refractivity (Wildman–Crippen MR) is 68.6 cm³/mol. The number of aromatic nitrogens is 2. The van der Waals surface area contributed by atoms with Crippen LogP contribution in [0, 0.1) is 9.49 Å². The van der Waals surface area contributed by atoms with E-state index in [9.17, 15) is 18.0 Å². The van der Waals surface area contributed by atoms with Crippen LogP contribution >= 0.6 is 22.6 Å². The largest absolute Gasteiger partial charge is 0.391 e. The Kier molecular flexibility index (Phi) is 3.83. The number of halogens is 4. The molecule has 0 bridgehead atoms. The Morgan fingerprint density at radius 2 is 2.00 bits per heavy atom. The lowest BCUT2D eigenvalue weighted by Gasteiger charge is -2.33. The van der Waals surface area contributed by atoms with E-state index in [1.807, 2.05) is 22.6 Å². The summed E-state index contributed by atoms with van der Waals surface area (Å²) >= 11 is 1.86. The first-order valence-corrected chi connectivity index (χ1v) is 6.52. The molecule has 4 nitrogen and oxygen atoms in total. The van der Waals surface area contributed by atoms with Crippen molar-refractivity contribution in [2.75, 3.05) is 18.0 Å². The van der Waals surface area contributed by atoms with Gasteiger partial charge in [-0.25, -0.2) is 4.98 Å². The van der Waals surface area contributed by atoms with Crippen LogP contribution in [0.4, 0.5) is 19.0 Å². The van der Waals surface area contributed by atoms with Gasteiger partial charge in [0.25, 0.3) is 5.56 Å². The molecule has 1 aromatic heterocycles. The first-order chi connectivity index (χ1) is 8.39. The lowest BCUT2D eigenvalue weighted by atomic mass is 9.96. The maximum atomic E-state index is 12.5. The smallest absolute Gasteiger partial charge is 0.355 e. The zero-order valence-corrected chi connectivity index (χ0v) is 11.5. The van der Waals surface area contributed by atoms with Gasteiger partial charge >= 0.3 is 6.18 Å². The molecule has 8 heteroatoms. The van der Waals surface area contributed by atoms with Gasteiger partial charge in [0.2, 0.25) is 0 Å². The van der Waals surface area contributed by atoms with Gasteiger partial charge in [-0.05, 0) is 35.4 Å². The Morgan fingerprint density at radius 1 is 1.39 bits per heavy atom. The summed E-state index contributed by atoms with van der Waals surface area (Å²) in [7, 11) is 0. The molecule has 18 heavy (non-hydrogen) atoms. The molecular weight excluding hydrogens is 362 g/mol. The molecule has 1 aliphatic heterocycles. The second-order valence-corrected chi connectivity index (χ2v) is 5.25. The molecule has 0 atom stereocenters. The third kappa shape index (κ3) is 2.78. The quantitative estimate of drug-likeness (QED) is 0.768. The standard InChI is InChI=1S/C10H11F3IN3O/c11-10(12,13)6-1-3-17(4-2-6)8-7(14)9(18)16-5-15-8/h5-6H,1-4H2,(H,15,16,18). The Bertz CT molecular complexity index is 480. The summed E-state index contributed by atoms with van der Waals surface area (Å²) in [4.78, 5) is 19.6. The Labute approximate surface area is 115 Å². The van der Waals surface area contributed by atoms with Crippen LogP contribution in [0.3, 0.4) is 0 Å². The van der Waals surface area contributed by atoms with Crippen molar-refractivity contribution >= 4 is 28.4 Å². The molecule has 0 aliphatic carbocycles. The van der Waals surface area contributed by atoms with Gasteiger partial charge < -0.3 is 9.88 Å². The van der Waals surface area contributed by atoms with Gasteiger partial charge in [-0.1, -0.05) is 0 Å². The minimum absolute atomic E-state index is 0.0497. The van der Waals surface area contributed by atoms with E-state index in [1.54, 1.807) is 4.90 Å². The van der Waals surface area contributed by atoms with E-state index in [1.165, 1.54) is 6.33 Å². The number of aromatic amines is 1. The summed E-state index contributed by atoms with van der Waals surface area (Å²) in [5.74, 6) is -0.770. The van der Waals surface area contributed by atoms with E-state index < -0.39 is 12.1 Å². The highest BCUT2D eigenvalue weighted by Gasteiger charge is 2.41. The fourth-order valence-electron chi connectivity index (χ4n) is 2.01. The lowest BCUT2D eigenvalue weighted by Crippen LogP contribution is -2.40. The number of alkyl halides is 3. The number of H-pyrrole nitrogens is 1. The first-order valence-electron chi connectivity index (χ1n) is 5.44. The summed E-state index contributed by atoms with van der Waals surface area (Å²) in [5, 5.41) is 0. The minimum Gasteiger partial charge on any atom is -0.355 e. The van der Waals surface area contributed by atoms with Gasteiger partial charge in [-0.15, -0.1) is 0 Å². The van der Waals surface area contributed by atoms with E-state index in [0.717, 1.165) is 0 Å². The first kappa shape index (κ1) is 13.6. The van der Waals surface area contributed by atoms with Gasteiger partial charge in [-0.3, -0.25) is 4.79 Å². The molecule has 2 heterocycles. The zero-order chi connectivity index (χ0) is 13.3. The van der Waals surface area contributed by atoms with E-state index in [-0.39, 0.29) is 31.5 Å². The van der Waals surface area contributed by atoms with Crippen molar-refractivity contribution in [3.8, 4) is 0 Å². The van der Waals surface area contributed by atoms with Crippen molar-refractivity contribution in [1.82, 2.24) is 9.97 Å². The van der Waals surface area contributed by atoms with Gasteiger partial charge in [0.15, 0.2) is 0 Å². The highest BCUT2D eigenvalue weighted by atomic mass is 127. The Hall–Kier alpha value is -0.800. The van der Waals surface area contributed by atoms with Crippen LogP contribution < -0.4 is 10.5 Å². The molecule has 100 valence electrons. The molecule has 0 saturated carbocycles. The third-order valence-corrected chi connectivity index (χ3v) is 4.01. The minimum atomic E-state index is -4.12. The average Bonchev–Trinajstić information content (AvgIpc) is 2.32. The summed E-state index contributed by atoms with van der Waals surface area (Å²) in [6, 6.07) is 0. The number of rotatable bonds is 1. The monoisotopic (exact) mass is 373 g/mol. The topological polar surface area (TPSA) is 49.0 Å². The molecule has 2 rings (SSSR count). The molecule has 0 aromatic carbocycles. The normalized spacial score (nSPS) is 18.1. The van der Waals surface area contributed by atoms with E-state index in [0.29, 0.717) is 9.39 Å². The van der Waals surface area contributed by atoms with Gasteiger partial charge in [0, 0.05) is 13.1 Å². The summed E-state index contributed by atoms with van der Waals surface area (Å²) < 4.78 is 38.0. The van der Waals surface area contributed by atoms with Gasteiger partial charge in [0.1, 0.15) is 9.39 Å². The van der Waals surface area contributed by atoms with Crippen LogP contribution in [-0.4, -0.2) is 29.2 Å². The summed E-state index contributed by atoms with van der Waals surface area (Å²) in [5.41, 5.74) is -0.265. The molecule has 0 unspecified atom stereocenters. The number of piperidine rings is 1. The second-order valence-electron chi connectivity index (χ2n) is 4.17. The van der Waals surface area contributed by atoms with E-state index in [2.05, 4.69) is 9.97 Å². The lowest BCUT2D eigenvalue weighted by molar-refractivity contribution is -0.179. The Balaban J connectivity index is 2.11. The number of nitrogens with one attached hydrogen (secondary N) is 1. The van der Waals surface area contributed by atoms with Crippen molar-refractivity contribution in [3.63, 3.8) is 0 Å². The van der Waals surface area contributed by atoms with Crippen LogP contribution in [0.15, 0.2) is 11.1 Å². The highest BCUT2D eigenvalue weighted by molar-refractivity contribution is 14.1. The third-order valence-electron chi connectivity index (χ3n) is 3.04. The maximum absolute atomic E-state index is 12.5. The van der Waals surface area contributed by atoms with Gasteiger partial charge in [0.05, 0.1) is 12.2 Å². The van der Waals surface area contributed by atoms with Gasteiger partial charge in [-0.2, -0.15) is 13.2 Å². The van der Waals surface area contributed by atoms with E-state index in [4.69, 9.17) is 0 Å².